The van der Waals surface area contributed by atoms with Crippen molar-refractivity contribution in [3.63, 3.8) is 0 Å². The highest BCUT2D eigenvalue weighted by Crippen LogP contribution is 2.13. The number of carbonyl (C=O) groups is 1. The molecule has 0 fully saturated rings. The number of benzene rings is 2. The van der Waals surface area contributed by atoms with E-state index in [-0.39, 0.29) is 18.6 Å². The second-order valence-corrected chi connectivity index (χ2v) is 6.65. The smallest absolute Gasteiger partial charge is 0.260 e. The first-order valence-corrected chi connectivity index (χ1v) is 9.52. The van der Waals surface area contributed by atoms with Crippen LogP contribution in [0.1, 0.15) is 24.5 Å². The maximum Gasteiger partial charge on any atom is 0.260 e. The van der Waals surface area contributed by atoms with Crippen LogP contribution in [-0.2, 0) is 16.1 Å². The Morgan fingerprint density at radius 1 is 1.20 bits per heavy atom. The van der Waals surface area contributed by atoms with E-state index in [2.05, 4.69) is 22.6 Å². The van der Waals surface area contributed by atoms with Gasteiger partial charge in [-0.05, 0) is 49.3 Å². The van der Waals surface area contributed by atoms with Gasteiger partial charge in [-0.3, -0.25) is 4.79 Å². The Balaban J connectivity index is 1.64. The average molecular weight is 356 g/mol. The molecule has 0 saturated heterocycles. The molecule has 0 aliphatic heterocycles. The number of amides is 1. The van der Waals surface area contributed by atoms with E-state index in [1.807, 2.05) is 55.6 Å². The first-order valence-electron chi connectivity index (χ1n) is 8.30. The van der Waals surface area contributed by atoms with Crippen molar-refractivity contribution in [1.82, 2.24) is 5.32 Å². The molecule has 0 radical (unpaired) electrons. The first-order chi connectivity index (χ1) is 12.2. The molecule has 0 spiro atoms. The highest BCUT2D eigenvalue weighted by Gasteiger charge is 2.07. The Hall–Kier alpha value is -2.27. The second-order valence-electron chi connectivity index (χ2n) is 5.77. The van der Waals surface area contributed by atoms with Crippen molar-refractivity contribution in [2.75, 3.05) is 12.9 Å². The maximum absolute atomic E-state index is 11.8. The third-order valence-electron chi connectivity index (χ3n) is 3.70. The van der Waals surface area contributed by atoms with Gasteiger partial charge in [-0.1, -0.05) is 47.6 Å². The number of hydrogen-bond donors (Lipinski definition) is 1. The summed E-state index contributed by atoms with van der Waals surface area (Å²) in [5.74, 6) is -0.157. The molecule has 2 rings (SSSR count). The summed E-state index contributed by atoms with van der Waals surface area (Å²) in [7, 11) is 0. The fourth-order valence-corrected chi connectivity index (χ4v) is 2.71. The van der Waals surface area contributed by atoms with Crippen molar-refractivity contribution in [2.45, 2.75) is 30.7 Å². The van der Waals surface area contributed by atoms with Crippen molar-refractivity contribution in [1.29, 1.82) is 0 Å². The predicted molar refractivity (Wildman–Crippen MR) is 104 cm³/mol. The summed E-state index contributed by atoms with van der Waals surface area (Å²) in [6, 6.07) is 18.3. The predicted octanol–water partition coefficient (Wildman–Crippen LogP) is 3.90. The fraction of sp³-hybridized carbons (Fsp3) is 0.300. The summed E-state index contributed by atoms with van der Waals surface area (Å²) < 4.78 is 0. The molecule has 0 aliphatic rings. The molecule has 1 amide bonds. The maximum atomic E-state index is 11.8. The molecule has 5 heteroatoms. The molecular weight excluding hydrogens is 332 g/mol. The molecule has 1 atom stereocenters. The van der Waals surface area contributed by atoms with Gasteiger partial charge >= 0.3 is 0 Å². The molecule has 132 valence electrons. The lowest BCUT2D eigenvalue weighted by Gasteiger charge is -2.13. The van der Waals surface area contributed by atoms with Crippen LogP contribution in [0.25, 0.3) is 0 Å². The molecule has 0 saturated carbocycles. The first kappa shape index (κ1) is 19.1. The van der Waals surface area contributed by atoms with Gasteiger partial charge in [0.05, 0.1) is 6.21 Å². The van der Waals surface area contributed by atoms with Gasteiger partial charge in [0, 0.05) is 10.9 Å². The summed E-state index contributed by atoms with van der Waals surface area (Å²) in [6.07, 6.45) is 5.47. The number of nitrogens with zero attached hydrogens (tertiary/aromatic N) is 1. The van der Waals surface area contributed by atoms with E-state index < -0.39 is 0 Å². The second kappa shape index (κ2) is 10.6. The molecule has 0 bridgehead atoms. The molecule has 2 aromatic rings. The van der Waals surface area contributed by atoms with Crippen molar-refractivity contribution in [2.24, 2.45) is 5.16 Å². The molecule has 0 aromatic heterocycles. The van der Waals surface area contributed by atoms with Crippen LogP contribution in [0.5, 0.6) is 0 Å². The van der Waals surface area contributed by atoms with Gasteiger partial charge in [-0.25, -0.2) is 0 Å². The van der Waals surface area contributed by atoms with Crippen LogP contribution in [0.2, 0.25) is 0 Å². The van der Waals surface area contributed by atoms with Gasteiger partial charge < -0.3 is 10.2 Å². The van der Waals surface area contributed by atoms with Crippen molar-refractivity contribution in [3.8, 4) is 0 Å². The quantitative estimate of drug-likeness (QED) is 0.421. The Morgan fingerprint density at radius 3 is 2.60 bits per heavy atom. The third-order valence-corrected chi connectivity index (χ3v) is 4.45. The van der Waals surface area contributed by atoms with Crippen LogP contribution >= 0.6 is 11.8 Å². The van der Waals surface area contributed by atoms with Crippen LogP contribution in [0.3, 0.4) is 0 Å². The molecule has 0 unspecified atom stereocenters. The van der Waals surface area contributed by atoms with E-state index >= 15 is 0 Å². The number of rotatable bonds is 9. The van der Waals surface area contributed by atoms with Crippen LogP contribution < -0.4 is 5.32 Å². The van der Waals surface area contributed by atoms with E-state index in [1.165, 1.54) is 10.5 Å². The van der Waals surface area contributed by atoms with Crippen LogP contribution in [0.15, 0.2) is 64.6 Å². The highest BCUT2D eigenvalue weighted by molar-refractivity contribution is 7.98. The van der Waals surface area contributed by atoms with Crippen LogP contribution in [0, 0.1) is 0 Å². The van der Waals surface area contributed by atoms with E-state index in [0.29, 0.717) is 0 Å². The molecule has 0 aliphatic carbocycles. The minimum atomic E-state index is -0.157. The van der Waals surface area contributed by atoms with E-state index in [0.717, 1.165) is 18.4 Å². The summed E-state index contributed by atoms with van der Waals surface area (Å²) in [4.78, 5) is 18.1. The zero-order chi connectivity index (χ0) is 17.9. The molecule has 0 heterocycles. The Labute approximate surface area is 153 Å². The van der Waals surface area contributed by atoms with Gasteiger partial charge in [0.25, 0.3) is 5.91 Å². The van der Waals surface area contributed by atoms with Gasteiger partial charge in [-0.15, -0.1) is 11.8 Å². The SMILES string of the molecule is CSc1ccc(/C=N\OCC(=O)N[C@H](C)CCc2ccccc2)cc1. The number of thioether (sulfide) groups is 1. The number of oxime groups is 1. The Kier molecular flexibility index (Phi) is 8.05. The fourth-order valence-electron chi connectivity index (χ4n) is 2.30. The van der Waals surface area contributed by atoms with Gasteiger partial charge in [0.15, 0.2) is 6.61 Å². The number of aryl methyl sites for hydroxylation is 1. The lowest BCUT2D eigenvalue weighted by Crippen LogP contribution is -2.35. The monoisotopic (exact) mass is 356 g/mol. The van der Waals surface area contributed by atoms with Crippen LogP contribution in [0.4, 0.5) is 0 Å². The Bertz CT molecular complexity index is 672. The number of carbonyl (C=O) groups excluding carboxylic acids is 1. The third kappa shape index (κ3) is 7.44. The molecular formula is C20H24N2O2S. The van der Waals surface area contributed by atoms with E-state index in [1.54, 1.807) is 18.0 Å². The number of hydrogen-bond acceptors (Lipinski definition) is 4. The zero-order valence-corrected chi connectivity index (χ0v) is 15.5. The normalized spacial score (nSPS) is 12.1. The minimum Gasteiger partial charge on any atom is -0.386 e. The van der Waals surface area contributed by atoms with Gasteiger partial charge in [-0.2, -0.15) is 0 Å². The largest absolute Gasteiger partial charge is 0.386 e. The lowest BCUT2D eigenvalue weighted by molar-refractivity contribution is -0.126. The topological polar surface area (TPSA) is 50.7 Å². The van der Waals surface area contributed by atoms with E-state index in [9.17, 15) is 4.79 Å². The summed E-state index contributed by atoms with van der Waals surface area (Å²) >= 11 is 1.69. The molecule has 25 heavy (non-hydrogen) atoms. The standard InChI is InChI=1S/C20H24N2O2S/c1-16(8-9-17-6-4-3-5-7-17)22-20(23)15-24-21-14-18-10-12-19(25-2)13-11-18/h3-7,10-14,16H,8-9,15H2,1-2H3,(H,22,23)/b21-14-/t16-/m1/s1. The van der Waals surface area contributed by atoms with Crippen molar-refractivity contribution >= 4 is 23.9 Å². The average Bonchev–Trinajstić information content (AvgIpc) is 2.65. The summed E-state index contributed by atoms with van der Waals surface area (Å²) in [5.41, 5.74) is 2.21. The molecule has 4 nitrogen and oxygen atoms in total. The lowest BCUT2D eigenvalue weighted by atomic mass is 10.1. The van der Waals surface area contributed by atoms with E-state index in [4.69, 9.17) is 4.84 Å². The molecule has 1 N–H and O–H groups in total. The van der Waals surface area contributed by atoms with Crippen molar-refractivity contribution in [3.05, 3.63) is 65.7 Å². The number of nitrogens with one attached hydrogen (secondary N) is 1. The van der Waals surface area contributed by atoms with Crippen LogP contribution in [-0.4, -0.2) is 31.0 Å². The minimum absolute atomic E-state index is 0.0743. The van der Waals surface area contributed by atoms with Gasteiger partial charge in [0.1, 0.15) is 0 Å². The molecule has 2 aromatic carbocycles. The van der Waals surface area contributed by atoms with Gasteiger partial charge in [0.2, 0.25) is 0 Å². The summed E-state index contributed by atoms with van der Waals surface area (Å²) in [6.45, 7) is 1.92. The highest BCUT2D eigenvalue weighted by atomic mass is 32.2. The zero-order valence-electron chi connectivity index (χ0n) is 14.6. The summed E-state index contributed by atoms with van der Waals surface area (Å²) in [5, 5.41) is 6.77. The Morgan fingerprint density at radius 2 is 1.92 bits per heavy atom. The van der Waals surface area contributed by atoms with Crippen molar-refractivity contribution < 1.29 is 9.63 Å².